The summed E-state index contributed by atoms with van der Waals surface area (Å²) in [5.74, 6) is 0. The molecule has 1 aliphatic heterocycles. The molecule has 0 amide bonds. The van der Waals surface area contributed by atoms with E-state index in [0.29, 0.717) is 6.54 Å². The standard InChI is InChI=1S/C5H9NO/c7-5-4-6-2-1-3-6/h5H,1-4H2. The number of hydrogen-bond acceptors (Lipinski definition) is 2. The van der Waals surface area contributed by atoms with Crippen LogP contribution in [0.25, 0.3) is 0 Å². The van der Waals surface area contributed by atoms with Crippen molar-refractivity contribution in [2.45, 2.75) is 6.42 Å². The third-order valence-electron chi connectivity index (χ3n) is 1.28. The number of carbonyl (C=O) groups is 1. The summed E-state index contributed by atoms with van der Waals surface area (Å²) in [6.07, 6.45) is 2.23. The molecule has 0 saturated carbocycles. The number of rotatable bonds is 2. The molecule has 7 heavy (non-hydrogen) atoms. The van der Waals surface area contributed by atoms with E-state index in [0.717, 1.165) is 19.4 Å². The lowest BCUT2D eigenvalue weighted by Gasteiger charge is -2.27. The summed E-state index contributed by atoms with van der Waals surface area (Å²) in [4.78, 5) is 11.9. The molecule has 0 unspecified atom stereocenters. The number of carbonyl (C=O) groups excluding carboxylic acids is 1. The summed E-state index contributed by atoms with van der Waals surface area (Å²) in [5, 5.41) is 0. The molecule has 1 fully saturated rings. The minimum absolute atomic E-state index is 0.639. The molecule has 1 aliphatic rings. The topological polar surface area (TPSA) is 20.3 Å². The van der Waals surface area contributed by atoms with Gasteiger partial charge in [0.2, 0.25) is 0 Å². The first-order valence-electron chi connectivity index (χ1n) is 2.59. The van der Waals surface area contributed by atoms with Crippen LogP contribution in [0.5, 0.6) is 0 Å². The normalized spacial score (nSPS) is 21.1. The summed E-state index contributed by atoms with van der Waals surface area (Å²) in [6.45, 7) is 2.89. The van der Waals surface area contributed by atoms with Crippen molar-refractivity contribution in [3.05, 3.63) is 0 Å². The minimum atomic E-state index is 0.639. The minimum Gasteiger partial charge on any atom is -0.302 e. The van der Waals surface area contributed by atoms with Crippen molar-refractivity contribution in [1.82, 2.24) is 4.90 Å². The summed E-state index contributed by atoms with van der Waals surface area (Å²) in [5.41, 5.74) is 0. The molecule has 2 heteroatoms. The number of aldehydes is 1. The van der Waals surface area contributed by atoms with Crippen LogP contribution in [0.15, 0.2) is 0 Å². The van der Waals surface area contributed by atoms with Gasteiger partial charge in [0.15, 0.2) is 0 Å². The van der Waals surface area contributed by atoms with E-state index in [2.05, 4.69) is 4.90 Å². The predicted molar refractivity (Wildman–Crippen MR) is 27.1 cm³/mol. The Kier molecular flexibility index (Phi) is 1.42. The van der Waals surface area contributed by atoms with E-state index in [1.807, 2.05) is 0 Å². The highest BCUT2D eigenvalue weighted by molar-refractivity contribution is 5.52. The molecule has 0 spiro atoms. The van der Waals surface area contributed by atoms with Gasteiger partial charge in [-0.25, -0.2) is 0 Å². The van der Waals surface area contributed by atoms with E-state index in [9.17, 15) is 4.79 Å². The fourth-order valence-corrected chi connectivity index (χ4v) is 0.670. The lowest BCUT2D eigenvalue weighted by Crippen LogP contribution is -2.38. The zero-order valence-corrected chi connectivity index (χ0v) is 4.26. The highest BCUT2D eigenvalue weighted by atomic mass is 16.1. The Labute approximate surface area is 43.1 Å². The highest BCUT2D eigenvalue weighted by Gasteiger charge is 2.10. The smallest absolute Gasteiger partial charge is 0.133 e. The summed E-state index contributed by atoms with van der Waals surface area (Å²) in [6, 6.07) is 0. The molecular formula is C5H9NO. The van der Waals surface area contributed by atoms with Crippen LogP contribution >= 0.6 is 0 Å². The SMILES string of the molecule is O=CCN1CCC1. The van der Waals surface area contributed by atoms with Gasteiger partial charge in [0, 0.05) is 0 Å². The fraction of sp³-hybridized carbons (Fsp3) is 0.800. The molecule has 0 bridgehead atoms. The quantitative estimate of drug-likeness (QED) is 0.450. The van der Waals surface area contributed by atoms with Gasteiger partial charge in [0.1, 0.15) is 6.29 Å². The predicted octanol–water partition coefficient (Wildman–Crippen LogP) is -0.109. The maximum Gasteiger partial charge on any atom is 0.133 e. The second kappa shape index (κ2) is 2.07. The summed E-state index contributed by atoms with van der Waals surface area (Å²) < 4.78 is 0. The van der Waals surface area contributed by atoms with Gasteiger partial charge in [-0.3, -0.25) is 4.90 Å². The van der Waals surface area contributed by atoms with E-state index in [4.69, 9.17) is 0 Å². The largest absolute Gasteiger partial charge is 0.302 e. The van der Waals surface area contributed by atoms with Crippen LogP contribution in [0.3, 0.4) is 0 Å². The first kappa shape index (κ1) is 4.78. The summed E-state index contributed by atoms with van der Waals surface area (Å²) in [7, 11) is 0. The first-order valence-corrected chi connectivity index (χ1v) is 2.59. The van der Waals surface area contributed by atoms with Crippen LogP contribution < -0.4 is 0 Å². The maximum absolute atomic E-state index is 9.77. The van der Waals surface area contributed by atoms with Gasteiger partial charge in [-0.2, -0.15) is 0 Å². The van der Waals surface area contributed by atoms with Gasteiger partial charge in [-0.15, -0.1) is 0 Å². The van der Waals surface area contributed by atoms with Gasteiger partial charge >= 0.3 is 0 Å². The Morgan fingerprint density at radius 3 is 2.43 bits per heavy atom. The molecule has 0 aromatic carbocycles. The third kappa shape index (κ3) is 0.996. The van der Waals surface area contributed by atoms with Crippen molar-refractivity contribution in [1.29, 1.82) is 0 Å². The van der Waals surface area contributed by atoms with E-state index in [1.165, 1.54) is 6.42 Å². The van der Waals surface area contributed by atoms with E-state index >= 15 is 0 Å². The number of likely N-dealkylation sites (tertiary alicyclic amines) is 1. The Bertz CT molecular complexity index is 68.5. The second-order valence-electron chi connectivity index (χ2n) is 1.82. The highest BCUT2D eigenvalue weighted by Crippen LogP contribution is 2.01. The molecule has 0 N–H and O–H groups in total. The summed E-state index contributed by atoms with van der Waals surface area (Å²) >= 11 is 0. The molecule has 0 aromatic rings. The second-order valence-corrected chi connectivity index (χ2v) is 1.82. The zero-order chi connectivity index (χ0) is 5.11. The van der Waals surface area contributed by atoms with Crippen molar-refractivity contribution in [3.63, 3.8) is 0 Å². The Hall–Kier alpha value is -0.370. The fourth-order valence-electron chi connectivity index (χ4n) is 0.670. The molecule has 0 aliphatic carbocycles. The van der Waals surface area contributed by atoms with Crippen molar-refractivity contribution < 1.29 is 4.79 Å². The Morgan fingerprint density at radius 1 is 1.57 bits per heavy atom. The van der Waals surface area contributed by atoms with E-state index in [-0.39, 0.29) is 0 Å². The molecule has 0 aromatic heterocycles. The zero-order valence-electron chi connectivity index (χ0n) is 4.26. The molecule has 0 atom stereocenters. The van der Waals surface area contributed by atoms with Crippen LogP contribution in [0.2, 0.25) is 0 Å². The monoisotopic (exact) mass is 99.1 g/mol. The van der Waals surface area contributed by atoms with Gasteiger partial charge in [0.25, 0.3) is 0 Å². The Morgan fingerprint density at radius 2 is 2.29 bits per heavy atom. The van der Waals surface area contributed by atoms with Gasteiger partial charge < -0.3 is 4.79 Å². The molecular weight excluding hydrogens is 90.1 g/mol. The van der Waals surface area contributed by atoms with Crippen molar-refractivity contribution in [2.24, 2.45) is 0 Å². The average Bonchev–Trinajstić information content (AvgIpc) is 1.55. The molecule has 1 heterocycles. The molecule has 2 nitrogen and oxygen atoms in total. The lowest BCUT2D eigenvalue weighted by atomic mass is 10.2. The first-order chi connectivity index (χ1) is 3.43. The number of hydrogen-bond donors (Lipinski definition) is 0. The molecule has 1 rings (SSSR count). The lowest BCUT2D eigenvalue weighted by molar-refractivity contribution is -0.109. The van der Waals surface area contributed by atoms with Crippen LogP contribution in [0, 0.1) is 0 Å². The van der Waals surface area contributed by atoms with Crippen LogP contribution in [0.4, 0.5) is 0 Å². The maximum atomic E-state index is 9.77. The molecule has 0 radical (unpaired) electrons. The van der Waals surface area contributed by atoms with Crippen LogP contribution in [0.1, 0.15) is 6.42 Å². The van der Waals surface area contributed by atoms with Crippen molar-refractivity contribution >= 4 is 6.29 Å². The average molecular weight is 99.1 g/mol. The van der Waals surface area contributed by atoms with Crippen LogP contribution in [-0.2, 0) is 4.79 Å². The molecule has 40 valence electrons. The van der Waals surface area contributed by atoms with Gasteiger partial charge in [-0.1, -0.05) is 0 Å². The van der Waals surface area contributed by atoms with Crippen molar-refractivity contribution in [2.75, 3.05) is 19.6 Å². The number of nitrogens with zero attached hydrogens (tertiary/aromatic N) is 1. The van der Waals surface area contributed by atoms with Gasteiger partial charge in [-0.05, 0) is 19.5 Å². The van der Waals surface area contributed by atoms with Crippen LogP contribution in [-0.4, -0.2) is 30.8 Å². The Balaban J connectivity index is 2.03. The third-order valence-corrected chi connectivity index (χ3v) is 1.28. The molecule has 1 saturated heterocycles. The van der Waals surface area contributed by atoms with E-state index < -0.39 is 0 Å². The van der Waals surface area contributed by atoms with E-state index in [1.54, 1.807) is 0 Å². The van der Waals surface area contributed by atoms with Crippen molar-refractivity contribution in [3.8, 4) is 0 Å². The van der Waals surface area contributed by atoms with Gasteiger partial charge in [0.05, 0.1) is 6.54 Å².